The minimum absolute atomic E-state index is 0.430. The van der Waals surface area contributed by atoms with Gasteiger partial charge in [0.1, 0.15) is 0 Å². The Morgan fingerprint density at radius 1 is 0.375 bits per heavy atom. The number of aryl methyl sites for hydroxylation is 4. The molecule has 10 aliphatic rings. The van der Waals surface area contributed by atoms with Gasteiger partial charge in [-0.05, 0) is 0 Å². The molecule has 0 N–H and O–H groups in total. The molecule has 366 valence electrons. The summed E-state index contributed by atoms with van der Waals surface area (Å²) < 4.78 is 6.91. The van der Waals surface area contributed by atoms with Crippen molar-refractivity contribution >= 4 is 19.0 Å². The first-order chi connectivity index (χ1) is 34.6. The van der Waals surface area contributed by atoms with Crippen LogP contribution in [0, 0.1) is 74.0 Å². The van der Waals surface area contributed by atoms with E-state index in [0.717, 1.165) is 35.5 Å². The Morgan fingerprint density at radius 2 is 0.625 bits per heavy atom. The van der Waals surface area contributed by atoms with Gasteiger partial charge in [-0.2, -0.15) is 0 Å². The summed E-state index contributed by atoms with van der Waals surface area (Å²) in [6.45, 7) is 11.7. The molecule has 0 aliphatic heterocycles. The molecule has 2 atom stereocenters. The molecule has 0 spiro atoms. The molecule has 6 aromatic carbocycles. The van der Waals surface area contributed by atoms with Gasteiger partial charge in [-0.1, -0.05) is 0 Å². The molecule has 0 heterocycles. The van der Waals surface area contributed by atoms with Crippen molar-refractivity contribution in [2.45, 2.75) is 134 Å². The van der Waals surface area contributed by atoms with E-state index >= 15 is 0 Å². The fraction of sp³-hybridized carbons (Fsp3) is 0.429. The molecule has 0 aromatic heterocycles. The van der Waals surface area contributed by atoms with Crippen LogP contribution in [0.2, 0.25) is 9.26 Å². The van der Waals surface area contributed by atoms with Gasteiger partial charge in [-0.15, -0.1) is 0 Å². The van der Waals surface area contributed by atoms with Gasteiger partial charge >= 0.3 is 438 Å². The summed E-state index contributed by atoms with van der Waals surface area (Å²) in [7, 11) is 0. The molecule has 2 unspecified atom stereocenters. The zero-order chi connectivity index (χ0) is 48.9. The third-order valence-electron chi connectivity index (χ3n) is 21.4. The Hall–Kier alpha value is -4.10. The zero-order valence-corrected chi connectivity index (χ0v) is 48.3. The van der Waals surface area contributed by atoms with E-state index in [2.05, 4.69) is 177 Å². The van der Waals surface area contributed by atoms with E-state index in [0.29, 0.717) is 18.1 Å². The summed E-state index contributed by atoms with van der Waals surface area (Å²) in [5.74, 6) is 5.63. The molecule has 8 saturated carbocycles. The van der Waals surface area contributed by atoms with E-state index in [-0.39, 0.29) is 0 Å². The van der Waals surface area contributed by atoms with Crippen molar-refractivity contribution in [3.05, 3.63) is 177 Å². The SMILES string of the molecule is Cc1ccc(-c2ccc(-c3ccc(C)cc3)c3c2C=C(CC24CC5CC(CC(C5)C2)C4)[CH]3[Zr]([CH3])([CH3])(=[SiH2])[CH]2C(CC34CC5CC(CC(C5)C3)C4)=Cc3c(-c4ccc(C)cc4)ccc(-c4ccc(C)cc4)c32)cc1. The molecule has 8 bridgehead atoms. The van der Waals surface area contributed by atoms with Gasteiger partial charge in [-0.3, -0.25) is 0 Å². The van der Waals surface area contributed by atoms with Crippen LogP contribution in [0.25, 0.3) is 56.7 Å². The first-order valence-electron chi connectivity index (χ1n) is 28.7. The molecular weight excluding hydrogens is 960 g/mol. The maximum atomic E-state index is 3.02. The Balaban J connectivity index is 1.03. The van der Waals surface area contributed by atoms with Crippen LogP contribution in [0.5, 0.6) is 0 Å². The van der Waals surface area contributed by atoms with E-state index in [1.165, 1.54) is 157 Å². The van der Waals surface area contributed by atoms with Crippen molar-refractivity contribution in [1.29, 1.82) is 0 Å². The van der Waals surface area contributed by atoms with Crippen LogP contribution >= 0.6 is 0 Å². The van der Waals surface area contributed by atoms with Gasteiger partial charge in [0, 0.05) is 0 Å². The number of hydrogen-bond acceptors (Lipinski definition) is 0. The van der Waals surface area contributed by atoms with Crippen LogP contribution in [-0.2, 0) is 17.4 Å². The van der Waals surface area contributed by atoms with Crippen molar-refractivity contribution < 1.29 is 17.4 Å². The standard InChI is InChI=1S/2C34H35.2CH3.H2Si.Zr/c2*1-22-3-7-28(8-4-22)30-11-12-31(29-9-5-23(2)6-10-29)33-17-27(16-32(30)33)21-34-18-24-13-25(19-34)15-26(14-24)20-34;;;;/h2*3-12,16-17,24-26H,13-15,18-21H2,1-2H3;2*1H3;1H2;. The second-order valence-corrected chi connectivity index (χ2v) is 58.3. The van der Waals surface area contributed by atoms with Crippen molar-refractivity contribution in [3.8, 4) is 44.5 Å². The number of allylic oxidation sites excluding steroid dienone is 2. The molecule has 6 aromatic rings. The van der Waals surface area contributed by atoms with Crippen LogP contribution in [0.1, 0.15) is 142 Å². The Labute approximate surface area is 435 Å². The minimum atomic E-state index is -4.42. The number of benzene rings is 6. The second kappa shape index (κ2) is 16.7. The predicted molar refractivity (Wildman–Crippen MR) is 306 cm³/mol. The topological polar surface area (TPSA) is 0 Å². The van der Waals surface area contributed by atoms with Crippen molar-refractivity contribution in [1.82, 2.24) is 0 Å². The van der Waals surface area contributed by atoms with E-state index in [1.807, 2.05) is 11.1 Å². The van der Waals surface area contributed by atoms with Crippen molar-refractivity contribution in [2.24, 2.45) is 46.3 Å². The summed E-state index contributed by atoms with van der Waals surface area (Å²) in [5, 5.41) is 0. The van der Waals surface area contributed by atoms with Crippen molar-refractivity contribution in [2.75, 3.05) is 0 Å². The summed E-state index contributed by atoms with van der Waals surface area (Å²) >= 11 is -4.42. The average Bonchev–Trinajstić information content (AvgIpc) is 3.91. The fourth-order valence-corrected chi connectivity index (χ4v) is 39.0. The van der Waals surface area contributed by atoms with E-state index in [1.54, 1.807) is 22.3 Å². The summed E-state index contributed by atoms with van der Waals surface area (Å²) in [6, 6.07) is 48.7. The first-order valence-corrected chi connectivity index (χ1v) is 42.4. The van der Waals surface area contributed by atoms with E-state index < -0.39 is 17.4 Å². The van der Waals surface area contributed by atoms with Gasteiger partial charge < -0.3 is 0 Å². The number of fused-ring (bicyclic) bond motifs is 2. The van der Waals surface area contributed by atoms with Crippen LogP contribution < -0.4 is 0 Å². The predicted octanol–water partition coefficient (Wildman–Crippen LogP) is 18.7. The molecule has 72 heavy (non-hydrogen) atoms. The first kappa shape index (κ1) is 46.4. The third-order valence-corrected chi connectivity index (χ3v) is 38.8. The Morgan fingerprint density at radius 3 is 0.903 bits per heavy atom. The second-order valence-electron chi connectivity index (χ2n) is 27.9. The monoisotopic (exact) mass is 1040 g/mol. The van der Waals surface area contributed by atoms with Crippen LogP contribution in [0.3, 0.4) is 0 Å². The molecule has 0 saturated heterocycles. The molecule has 0 amide bonds. The maximum absolute atomic E-state index is 4.42. The summed E-state index contributed by atoms with van der Waals surface area (Å²) in [6.07, 6.45) is 26.1. The Bertz CT molecular complexity index is 3010. The number of hydrogen-bond donors (Lipinski definition) is 0. The van der Waals surface area contributed by atoms with E-state index in [9.17, 15) is 0 Å². The van der Waals surface area contributed by atoms with Crippen molar-refractivity contribution in [3.63, 3.8) is 0 Å². The zero-order valence-electron chi connectivity index (χ0n) is 44.4. The Kier molecular flexibility index (Phi) is 10.8. The van der Waals surface area contributed by atoms with Crippen LogP contribution in [0.15, 0.2) is 132 Å². The normalized spacial score (nSPS) is 30.7. The van der Waals surface area contributed by atoms with Gasteiger partial charge in [0.2, 0.25) is 0 Å². The van der Waals surface area contributed by atoms with Crippen LogP contribution in [-0.4, -0.2) is 6.88 Å². The van der Waals surface area contributed by atoms with Gasteiger partial charge in [0.15, 0.2) is 0 Å². The molecule has 10 aliphatic carbocycles. The van der Waals surface area contributed by atoms with Gasteiger partial charge in [0.05, 0.1) is 0 Å². The third kappa shape index (κ3) is 7.70. The average molecular weight is 1040 g/mol. The molecule has 2 heteroatoms. The fourth-order valence-electron chi connectivity index (χ4n) is 19.6. The quantitative estimate of drug-likeness (QED) is 0.120. The summed E-state index contributed by atoms with van der Waals surface area (Å²) in [4.78, 5) is 0. The molecule has 0 radical (unpaired) electrons. The van der Waals surface area contributed by atoms with E-state index in [4.69, 9.17) is 0 Å². The molecule has 8 fully saturated rings. The number of rotatable bonds is 10. The molecular formula is C70H78SiZr. The van der Waals surface area contributed by atoms with Gasteiger partial charge in [0.25, 0.3) is 0 Å². The molecule has 16 rings (SSSR count). The molecule has 0 nitrogen and oxygen atoms in total. The summed E-state index contributed by atoms with van der Waals surface area (Å²) in [5.41, 5.74) is 27.8. The van der Waals surface area contributed by atoms with Crippen LogP contribution in [0.4, 0.5) is 0 Å². The van der Waals surface area contributed by atoms with Gasteiger partial charge in [-0.25, -0.2) is 0 Å².